The minimum absolute atomic E-state index is 0.331. The van der Waals surface area contributed by atoms with Crippen LogP contribution in [-0.2, 0) is 5.41 Å². The predicted molar refractivity (Wildman–Crippen MR) is 124 cm³/mol. The van der Waals surface area contributed by atoms with Gasteiger partial charge in [0.25, 0.3) is 0 Å². The lowest BCUT2D eigenvalue weighted by Gasteiger charge is -2.22. The zero-order valence-electron chi connectivity index (χ0n) is 18.6. The second-order valence-electron chi connectivity index (χ2n) is 8.70. The second-order valence-corrected chi connectivity index (χ2v) is 8.70. The Morgan fingerprint density at radius 3 is 2.44 bits per heavy atom. The molecule has 1 aliphatic heterocycles. The number of amides is 1. The second kappa shape index (κ2) is 8.39. The third kappa shape index (κ3) is 4.04. The number of aromatic nitrogens is 3. The van der Waals surface area contributed by atoms with Gasteiger partial charge in [-0.25, -0.2) is 4.98 Å². The van der Waals surface area contributed by atoms with Crippen LogP contribution in [0, 0.1) is 18.3 Å². The van der Waals surface area contributed by atoms with Gasteiger partial charge in [-0.3, -0.25) is 14.8 Å². The number of hydrogen-bond donors (Lipinski definition) is 1. The quantitative estimate of drug-likeness (QED) is 0.660. The molecular weight excluding hydrogens is 400 g/mol. The number of nitriles is 1. The summed E-state index contributed by atoms with van der Waals surface area (Å²) in [6, 6.07) is 9.95. The number of nitrogens with zero attached hydrogens (tertiary/aromatic N) is 5. The minimum Gasteiger partial charge on any atom is -0.366 e. The SMILES string of the molecule is Cc1cc(C(N)=O)c(-c2cncc(-c3ccc(N4CCCC4)nc3)c2)c(C(C)(C)C#N)n1. The number of rotatable bonds is 5. The average Bonchev–Trinajstić information content (AvgIpc) is 3.33. The molecule has 3 aromatic rings. The summed E-state index contributed by atoms with van der Waals surface area (Å²) in [6.07, 6.45) is 7.67. The normalized spacial score (nSPS) is 13.8. The summed E-state index contributed by atoms with van der Waals surface area (Å²) in [5.41, 5.74) is 9.28. The molecule has 0 bridgehead atoms. The fourth-order valence-corrected chi connectivity index (χ4v) is 4.09. The van der Waals surface area contributed by atoms with Crippen molar-refractivity contribution in [1.29, 1.82) is 5.26 Å². The van der Waals surface area contributed by atoms with E-state index < -0.39 is 11.3 Å². The molecule has 0 aliphatic carbocycles. The molecule has 1 aliphatic rings. The summed E-state index contributed by atoms with van der Waals surface area (Å²) < 4.78 is 0. The van der Waals surface area contributed by atoms with Crippen LogP contribution in [0.3, 0.4) is 0 Å². The standard InChI is InChI=1S/C25H26N6O/c1-16-10-20(24(27)32)22(23(30-16)25(2,3)15-26)19-11-18(12-28-13-19)17-6-7-21(29-14-17)31-8-4-5-9-31/h6-7,10-14H,4-5,8-9H2,1-3H3,(H2,27,32). The lowest BCUT2D eigenvalue weighted by atomic mass is 9.83. The number of aryl methyl sites for hydroxylation is 1. The van der Waals surface area contributed by atoms with Crippen molar-refractivity contribution in [3.05, 3.63) is 59.8 Å². The lowest BCUT2D eigenvalue weighted by molar-refractivity contribution is 0.100. The van der Waals surface area contributed by atoms with Crippen LogP contribution in [-0.4, -0.2) is 33.9 Å². The molecule has 2 N–H and O–H groups in total. The number of primary amides is 1. The Labute approximate surface area is 188 Å². The number of nitrogens with two attached hydrogens (primary N) is 1. The maximum Gasteiger partial charge on any atom is 0.249 e. The van der Waals surface area contributed by atoms with Gasteiger partial charge in [0.05, 0.1) is 22.7 Å². The molecule has 3 aromatic heterocycles. The van der Waals surface area contributed by atoms with Gasteiger partial charge in [-0.1, -0.05) is 0 Å². The average molecular weight is 427 g/mol. The molecule has 0 spiro atoms. The van der Waals surface area contributed by atoms with Gasteiger partial charge < -0.3 is 10.6 Å². The first-order valence-corrected chi connectivity index (χ1v) is 10.7. The number of carbonyl (C=O) groups excluding carboxylic acids is 1. The number of anilines is 1. The maximum atomic E-state index is 12.3. The fourth-order valence-electron chi connectivity index (χ4n) is 4.09. The van der Waals surface area contributed by atoms with Gasteiger partial charge in [0, 0.05) is 59.6 Å². The zero-order valence-corrected chi connectivity index (χ0v) is 18.6. The van der Waals surface area contributed by atoms with E-state index in [9.17, 15) is 10.1 Å². The number of hydrogen-bond acceptors (Lipinski definition) is 6. The highest BCUT2D eigenvalue weighted by Gasteiger charge is 2.29. The summed E-state index contributed by atoms with van der Waals surface area (Å²) in [6.45, 7) is 7.42. The summed E-state index contributed by atoms with van der Waals surface area (Å²) in [7, 11) is 0. The lowest BCUT2D eigenvalue weighted by Crippen LogP contribution is -2.22. The molecule has 0 atom stereocenters. The van der Waals surface area contributed by atoms with Crippen molar-refractivity contribution < 1.29 is 4.79 Å². The Hall–Kier alpha value is -3.79. The monoisotopic (exact) mass is 426 g/mol. The third-order valence-corrected chi connectivity index (χ3v) is 5.82. The van der Waals surface area contributed by atoms with Crippen LogP contribution in [0.2, 0.25) is 0 Å². The Kier molecular flexibility index (Phi) is 5.62. The molecule has 1 saturated heterocycles. The summed E-state index contributed by atoms with van der Waals surface area (Å²) in [5, 5.41) is 9.75. The molecule has 1 fully saturated rings. The van der Waals surface area contributed by atoms with Crippen LogP contribution >= 0.6 is 0 Å². The van der Waals surface area contributed by atoms with Gasteiger partial charge in [0.15, 0.2) is 0 Å². The van der Waals surface area contributed by atoms with Crippen molar-refractivity contribution in [3.63, 3.8) is 0 Å². The van der Waals surface area contributed by atoms with Crippen molar-refractivity contribution in [3.8, 4) is 28.3 Å². The topological polar surface area (TPSA) is 109 Å². The largest absolute Gasteiger partial charge is 0.366 e. The number of carbonyl (C=O) groups is 1. The summed E-state index contributed by atoms with van der Waals surface area (Å²) >= 11 is 0. The highest BCUT2D eigenvalue weighted by molar-refractivity contribution is 6.01. The first-order chi connectivity index (χ1) is 15.3. The molecule has 0 saturated carbocycles. The minimum atomic E-state index is -0.916. The van der Waals surface area contributed by atoms with Crippen molar-refractivity contribution in [1.82, 2.24) is 15.0 Å². The molecule has 1 amide bonds. The number of pyridine rings is 3. The molecule has 32 heavy (non-hydrogen) atoms. The van der Waals surface area contributed by atoms with E-state index in [0.29, 0.717) is 28.1 Å². The van der Waals surface area contributed by atoms with Crippen molar-refractivity contribution in [2.45, 2.75) is 39.0 Å². The fraction of sp³-hybridized carbons (Fsp3) is 0.320. The van der Waals surface area contributed by atoms with Crippen LogP contribution in [0.5, 0.6) is 0 Å². The first kappa shape index (κ1) is 21.4. The molecule has 162 valence electrons. The van der Waals surface area contributed by atoms with E-state index in [0.717, 1.165) is 30.0 Å². The molecule has 0 unspecified atom stereocenters. The van der Waals surface area contributed by atoms with E-state index in [2.05, 4.69) is 25.9 Å². The highest BCUT2D eigenvalue weighted by Crippen LogP contribution is 2.36. The van der Waals surface area contributed by atoms with E-state index in [4.69, 9.17) is 5.73 Å². The van der Waals surface area contributed by atoms with Gasteiger partial charge in [-0.05, 0) is 57.9 Å². The summed E-state index contributed by atoms with van der Waals surface area (Å²) in [5.74, 6) is 0.412. The molecule has 4 rings (SSSR count). The smallest absolute Gasteiger partial charge is 0.249 e. The molecule has 0 radical (unpaired) electrons. The van der Waals surface area contributed by atoms with Crippen LogP contribution in [0.15, 0.2) is 42.9 Å². The van der Waals surface area contributed by atoms with E-state index in [-0.39, 0.29) is 0 Å². The van der Waals surface area contributed by atoms with Crippen LogP contribution in [0.1, 0.15) is 48.4 Å². The maximum absolute atomic E-state index is 12.3. The molecular formula is C25H26N6O. The highest BCUT2D eigenvalue weighted by atomic mass is 16.1. The van der Waals surface area contributed by atoms with Crippen LogP contribution < -0.4 is 10.6 Å². The zero-order chi connectivity index (χ0) is 22.9. The predicted octanol–water partition coefficient (Wildman–Crippen LogP) is 4.01. The van der Waals surface area contributed by atoms with Gasteiger partial charge in [0.1, 0.15) is 5.82 Å². The van der Waals surface area contributed by atoms with Gasteiger partial charge >= 0.3 is 0 Å². The van der Waals surface area contributed by atoms with E-state index in [1.54, 1.807) is 39.2 Å². The molecule has 4 heterocycles. The molecule has 0 aromatic carbocycles. The van der Waals surface area contributed by atoms with Crippen LogP contribution in [0.25, 0.3) is 22.3 Å². The van der Waals surface area contributed by atoms with Crippen molar-refractivity contribution >= 4 is 11.7 Å². The van der Waals surface area contributed by atoms with Crippen molar-refractivity contribution in [2.75, 3.05) is 18.0 Å². The van der Waals surface area contributed by atoms with E-state index >= 15 is 0 Å². The van der Waals surface area contributed by atoms with Gasteiger partial charge in [-0.15, -0.1) is 0 Å². The van der Waals surface area contributed by atoms with E-state index in [1.807, 2.05) is 24.4 Å². The van der Waals surface area contributed by atoms with Crippen LogP contribution in [0.4, 0.5) is 5.82 Å². The first-order valence-electron chi connectivity index (χ1n) is 10.7. The Morgan fingerprint density at radius 2 is 1.81 bits per heavy atom. The molecule has 7 nitrogen and oxygen atoms in total. The Morgan fingerprint density at radius 1 is 1.09 bits per heavy atom. The summed E-state index contributed by atoms with van der Waals surface area (Å²) in [4.78, 5) is 28.3. The van der Waals surface area contributed by atoms with Gasteiger partial charge in [0.2, 0.25) is 5.91 Å². The Bertz CT molecular complexity index is 1200. The molecule has 7 heteroatoms. The van der Waals surface area contributed by atoms with Crippen molar-refractivity contribution in [2.24, 2.45) is 5.73 Å². The van der Waals surface area contributed by atoms with Gasteiger partial charge in [-0.2, -0.15) is 5.26 Å². The Balaban J connectivity index is 1.81. The van der Waals surface area contributed by atoms with E-state index in [1.165, 1.54) is 12.8 Å². The third-order valence-electron chi connectivity index (χ3n) is 5.82.